The molecule has 0 bridgehead atoms. The van der Waals surface area contributed by atoms with Crippen LogP contribution in [0.1, 0.15) is 37.3 Å². The first-order valence-corrected chi connectivity index (χ1v) is 12.4. The fourth-order valence-electron chi connectivity index (χ4n) is 3.71. The summed E-state index contributed by atoms with van der Waals surface area (Å²) in [5.74, 6) is 1.60. The predicted molar refractivity (Wildman–Crippen MR) is 132 cm³/mol. The van der Waals surface area contributed by atoms with E-state index >= 15 is 0 Å². The fraction of sp³-hybridized carbons (Fsp3) is 0.462. The summed E-state index contributed by atoms with van der Waals surface area (Å²) in [7, 11) is 1.87. The van der Waals surface area contributed by atoms with E-state index in [1.807, 2.05) is 65.5 Å². The quantitative estimate of drug-likeness (QED) is 0.242. The molecule has 0 aliphatic rings. The van der Waals surface area contributed by atoms with Crippen molar-refractivity contribution < 1.29 is 27.8 Å². The number of hydrogen-bond acceptors (Lipinski definition) is 6. The van der Waals surface area contributed by atoms with E-state index < -0.39 is 16.7 Å². The normalized spacial score (nSPS) is 13.9. The molecule has 2 rings (SSSR count). The standard InChI is InChI=1S/C26H37NO5S/c1-5-6-20(2)26(17-23(29)15-16-28)33(30)27(18-21-7-11-24(31-3)12-8-21)19-22-9-13-25(32-4)14-10-22/h5,7-14,20,23,26,28-29H,1,6,15-19H2,2-4H3/t20-,23+,26+/m1/s1. The molecule has 3 atom stereocenters. The first-order valence-electron chi connectivity index (χ1n) is 11.2. The van der Waals surface area contributed by atoms with Gasteiger partial charge in [0.2, 0.25) is 0 Å². The van der Waals surface area contributed by atoms with Crippen LogP contribution in [0.2, 0.25) is 0 Å². The summed E-state index contributed by atoms with van der Waals surface area (Å²) in [6.07, 6.45) is 2.43. The Morgan fingerprint density at radius 2 is 1.48 bits per heavy atom. The van der Waals surface area contributed by atoms with Crippen LogP contribution >= 0.6 is 0 Å². The van der Waals surface area contributed by atoms with Crippen LogP contribution in [0, 0.1) is 5.92 Å². The molecule has 2 aromatic rings. The van der Waals surface area contributed by atoms with Crippen molar-refractivity contribution in [1.82, 2.24) is 0 Å². The van der Waals surface area contributed by atoms with Crippen LogP contribution in [0.4, 0.5) is 0 Å². The maximum Gasteiger partial charge on any atom is 0.149 e. The van der Waals surface area contributed by atoms with Crippen molar-refractivity contribution in [2.45, 2.75) is 50.6 Å². The molecule has 0 saturated heterocycles. The summed E-state index contributed by atoms with van der Waals surface area (Å²) in [6, 6.07) is 15.5. The number of rotatable bonds is 14. The molecule has 33 heavy (non-hydrogen) atoms. The van der Waals surface area contributed by atoms with E-state index in [2.05, 4.69) is 6.58 Å². The molecule has 0 saturated carbocycles. The molecule has 0 aromatic heterocycles. The second-order valence-electron chi connectivity index (χ2n) is 8.21. The van der Waals surface area contributed by atoms with Crippen molar-refractivity contribution in [3.05, 3.63) is 72.3 Å². The number of methoxy groups -OCH3 is 2. The summed E-state index contributed by atoms with van der Waals surface area (Å²) in [5.41, 5.74) is 2.03. The Labute approximate surface area is 199 Å². The highest BCUT2D eigenvalue weighted by molar-refractivity contribution is 7.73. The number of ether oxygens (including phenoxy) is 2. The van der Waals surface area contributed by atoms with Gasteiger partial charge < -0.3 is 27.8 Å². The lowest BCUT2D eigenvalue weighted by molar-refractivity contribution is -0.536. The highest BCUT2D eigenvalue weighted by Crippen LogP contribution is 2.22. The van der Waals surface area contributed by atoms with Crippen LogP contribution in [-0.4, -0.2) is 46.3 Å². The van der Waals surface area contributed by atoms with Crippen LogP contribution in [0.5, 0.6) is 11.5 Å². The van der Waals surface area contributed by atoms with Crippen molar-refractivity contribution in [2.75, 3.05) is 20.8 Å². The van der Waals surface area contributed by atoms with Gasteiger partial charge in [0.15, 0.2) is 0 Å². The number of benzene rings is 2. The smallest absolute Gasteiger partial charge is 0.149 e. The number of aliphatic hydroxyl groups excluding tert-OH is 2. The predicted octanol–water partition coefficient (Wildman–Crippen LogP) is 4.28. The van der Waals surface area contributed by atoms with E-state index in [1.54, 1.807) is 14.2 Å². The topological polar surface area (TPSA) is 79.0 Å². The van der Waals surface area contributed by atoms with Crippen molar-refractivity contribution in [3.63, 3.8) is 0 Å². The molecule has 182 valence electrons. The third-order valence-corrected chi connectivity index (χ3v) is 7.63. The molecule has 0 fully saturated rings. The van der Waals surface area contributed by atoms with Crippen LogP contribution in [0.3, 0.4) is 0 Å². The molecule has 6 nitrogen and oxygen atoms in total. The molecule has 0 spiro atoms. The summed E-state index contributed by atoms with van der Waals surface area (Å²) in [6.45, 7) is 6.73. The van der Waals surface area contributed by atoms with Gasteiger partial charge >= 0.3 is 0 Å². The molecule has 0 heterocycles. The number of aliphatic hydroxyl groups is 2. The van der Waals surface area contributed by atoms with Crippen molar-refractivity contribution >= 4 is 10.6 Å². The third kappa shape index (κ3) is 8.50. The molecule has 2 N–H and O–H groups in total. The van der Waals surface area contributed by atoms with Gasteiger partial charge in [0.1, 0.15) is 24.6 Å². The first kappa shape index (κ1) is 26.9. The number of nitrogens with zero attached hydrogens (tertiary/aromatic N) is 1. The van der Waals surface area contributed by atoms with Crippen LogP contribution in [0.15, 0.2) is 61.2 Å². The van der Waals surface area contributed by atoms with Gasteiger partial charge in [-0.2, -0.15) is 0 Å². The van der Waals surface area contributed by atoms with E-state index in [0.29, 0.717) is 25.9 Å². The fourth-order valence-corrected chi connectivity index (χ4v) is 5.54. The van der Waals surface area contributed by atoms with Gasteiger partial charge in [-0.3, -0.25) is 0 Å². The molecule has 0 radical (unpaired) electrons. The lowest BCUT2D eigenvalue weighted by Crippen LogP contribution is -2.30. The van der Waals surface area contributed by atoms with Gasteiger partial charge in [-0.05, 0) is 89.6 Å². The van der Waals surface area contributed by atoms with E-state index in [9.17, 15) is 14.4 Å². The Balaban J connectivity index is 2.45. The molecule has 0 aliphatic carbocycles. The van der Waals surface area contributed by atoms with E-state index in [0.717, 1.165) is 22.6 Å². The molecule has 0 amide bonds. The monoisotopic (exact) mass is 475 g/mol. The maximum atomic E-state index is 13.9. The molecule has 0 unspecified atom stereocenters. The van der Waals surface area contributed by atoms with Gasteiger partial charge in [0, 0.05) is 17.7 Å². The van der Waals surface area contributed by atoms with Crippen LogP contribution < -0.4 is 9.47 Å². The first-order chi connectivity index (χ1) is 15.9. The summed E-state index contributed by atoms with van der Waals surface area (Å²) in [4.78, 5) is 0. The zero-order chi connectivity index (χ0) is 24.2. The molecule has 2 aromatic carbocycles. The Hall–Kier alpha value is -2.35. The second kappa shape index (κ2) is 14.0. The van der Waals surface area contributed by atoms with Crippen LogP contribution in [0.25, 0.3) is 0 Å². The van der Waals surface area contributed by atoms with Crippen molar-refractivity contribution in [1.29, 1.82) is 0 Å². The molecular formula is C26H37NO5S. The minimum atomic E-state index is -1.39. The van der Waals surface area contributed by atoms with Crippen molar-refractivity contribution in [2.24, 2.45) is 5.92 Å². The van der Waals surface area contributed by atoms with E-state index in [1.165, 1.54) is 0 Å². The summed E-state index contributed by atoms with van der Waals surface area (Å²) in [5, 5.41) is 19.4. The summed E-state index contributed by atoms with van der Waals surface area (Å²) >= 11 is 0. The largest absolute Gasteiger partial charge is 0.497 e. The molecular weight excluding hydrogens is 438 g/mol. The lowest BCUT2D eigenvalue weighted by atomic mass is 9.98. The second-order valence-corrected chi connectivity index (χ2v) is 9.89. The minimum Gasteiger partial charge on any atom is -0.497 e. The number of allylic oxidation sites excluding steroid dienone is 1. The third-order valence-electron chi connectivity index (χ3n) is 5.69. The van der Waals surface area contributed by atoms with Gasteiger partial charge in [-0.25, -0.2) is 0 Å². The Morgan fingerprint density at radius 3 is 1.88 bits per heavy atom. The average Bonchev–Trinajstić information content (AvgIpc) is 2.83. The van der Waals surface area contributed by atoms with E-state index in [-0.39, 0.29) is 24.2 Å². The van der Waals surface area contributed by atoms with Gasteiger partial charge in [0.05, 0.1) is 20.3 Å². The SMILES string of the molecule is C=CC[C@@H](C)[C@H](C[C@@H](O)CCO)[S-](=O)=[N+](Cc1ccc(OC)cc1)Cc1ccc(OC)cc1. The van der Waals surface area contributed by atoms with Gasteiger partial charge in [-0.15, -0.1) is 6.58 Å². The van der Waals surface area contributed by atoms with Crippen molar-refractivity contribution in [3.8, 4) is 11.5 Å². The zero-order valence-corrected chi connectivity index (χ0v) is 20.7. The Kier molecular flexibility index (Phi) is 11.4. The lowest BCUT2D eigenvalue weighted by Gasteiger charge is -2.28. The summed E-state index contributed by atoms with van der Waals surface area (Å²) < 4.78 is 26.4. The zero-order valence-electron chi connectivity index (χ0n) is 19.9. The number of hydrogen-bond donors (Lipinski definition) is 2. The highest BCUT2D eigenvalue weighted by Gasteiger charge is 2.20. The average molecular weight is 476 g/mol. The minimum absolute atomic E-state index is 0.0610. The van der Waals surface area contributed by atoms with Gasteiger partial charge in [-0.1, -0.05) is 13.0 Å². The maximum absolute atomic E-state index is 13.9. The Morgan fingerprint density at radius 1 is 1.00 bits per heavy atom. The molecule has 0 aliphatic heterocycles. The highest BCUT2D eigenvalue weighted by atomic mass is 32.2. The van der Waals surface area contributed by atoms with E-state index in [4.69, 9.17) is 9.47 Å². The van der Waals surface area contributed by atoms with Gasteiger partial charge in [0.25, 0.3) is 0 Å². The Bertz CT molecular complexity index is 885. The van der Waals surface area contributed by atoms with Crippen LogP contribution in [-0.2, 0) is 27.9 Å². The molecule has 7 heteroatoms.